The molecule has 0 saturated carbocycles. The molecule has 0 saturated heterocycles. The summed E-state index contributed by atoms with van der Waals surface area (Å²) >= 11 is 0. The highest BCUT2D eigenvalue weighted by Gasteiger charge is 2.18. The van der Waals surface area contributed by atoms with Crippen LogP contribution in [0.5, 0.6) is 28.9 Å². The predicted octanol–water partition coefficient (Wildman–Crippen LogP) is 2.21. The maximum atomic E-state index is 12.0. The number of benzene rings is 2. The fourth-order valence-electron chi connectivity index (χ4n) is 2.48. The first-order valence-electron chi connectivity index (χ1n) is 6.97. The zero-order valence-electron chi connectivity index (χ0n) is 12.6. The Hall–Kier alpha value is -3.35. The molecule has 3 aromatic rings. The fourth-order valence-corrected chi connectivity index (χ4v) is 2.48. The Balaban J connectivity index is 2.11. The van der Waals surface area contributed by atoms with E-state index in [2.05, 4.69) is 0 Å². The first-order valence-corrected chi connectivity index (χ1v) is 6.97. The lowest BCUT2D eigenvalue weighted by atomic mass is 10.0. The summed E-state index contributed by atoms with van der Waals surface area (Å²) in [5.41, 5.74) is 0.176. The Morgan fingerprint density at radius 3 is 2.50 bits per heavy atom. The molecule has 0 unspecified atom stereocenters. The SMILES string of the molecule is COc1cc(Cc2ccc3oc(O)c(O)c(=O)c3c2O)ccc1O. The van der Waals surface area contributed by atoms with Crippen LogP contribution in [0.15, 0.2) is 39.5 Å². The van der Waals surface area contributed by atoms with Gasteiger partial charge >= 0.3 is 5.95 Å². The van der Waals surface area contributed by atoms with Crippen LogP contribution in [0.2, 0.25) is 0 Å². The summed E-state index contributed by atoms with van der Waals surface area (Å²) in [6.07, 6.45) is 0.249. The molecule has 3 rings (SSSR count). The first-order chi connectivity index (χ1) is 11.4. The molecule has 0 atom stereocenters. The number of ether oxygens (including phenoxy) is 1. The number of phenols is 2. The Morgan fingerprint density at radius 1 is 1.04 bits per heavy atom. The molecule has 1 aromatic heterocycles. The normalized spacial score (nSPS) is 10.9. The van der Waals surface area contributed by atoms with Crippen LogP contribution >= 0.6 is 0 Å². The highest BCUT2D eigenvalue weighted by Crippen LogP contribution is 2.34. The van der Waals surface area contributed by atoms with Crippen LogP contribution in [-0.2, 0) is 6.42 Å². The molecule has 1 heterocycles. The van der Waals surface area contributed by atoms with Gasteiger partial charge in [-0.15, -0.1) is 0 Å². The quantitative estimate of drug-likeness (QED) is 0.581. The molecule has 0 bridgehead atoms. The van der Waals surface area contributed by atoms with Crippen molar-refractivity contribution in [1.82, 2.24) is 0 Å². The van der Waals surface area contributed by atoms with Crippen molar-refractivity contribution in [2.24, 2.45) is 0 Å². The molecule has 0 spiro atoms. The Labute approximate surface area is 135 Å². The highest BCUT2D eigenvalue weighted by atomic mass is 16.5. The van der Waals surface area contributed by atoms with Gasteiger partial charge in [0.25, 0.3) is 0 Å². The number of fused-ring (bicyclic) bond motifs is 1. The van der Waals surface area contributed by atoms with E-state index in [4.69, 9.17) is 9.15 Å². The molecule has 0 aliphatic heterocycles. The molecule has 7 heteroatoms. The van der Waals surface area contributed by atoms with Gasteiger partial charge in [-0.2, -0.15) is 0 Å². The van der Waals surface area contributed by atoms with Gasteiger partial charge < -0.3 is 29.6 Å². The molecule has 0 amide bonds. The zero-order valence-corrected chi connectivity index (χ0v) is 12.6. The van der Waals surface area contributed by atoms with Gasteiger partial charge in [0.05, 0.1) is 7.11 Å². The van der Waals surface area contributed by atoms with E-state index in [0.29, 0.717) is 5.56 Å². The molecule has 124 valence electrons. The minimum atomic E-state index is -0.957. The van der Waals surface area contributed by atoms with E-state index in [0.717, 1.165) is 5.56 Å². The van der Waals surface area contributed by atoms with Crippen molar-refractivity contribution in [3.05, 3.63) is 51.7 Å². The van der Waals surface area contributed by atoms with Gasteiger partial charge in [0.15, 0.2) is 11.5 Å². The number of aromatic hydroxyl groups is 4. The second-order valence-electron chi connectivity index (χ2n) is 5.21. The monoisotopic (exact) mass is 330 g/mol. The fraction of sp³-hybridized carbons (Fsp3) is 0.118. The van der Waals surface area contributed by atoms with Gasteiger partial charge in [-0.05, 0) is 29.3 Å². The minimum absolute atomic E-state index is 0.00924. The third kappa shape index (κ3) is 2.45. The maximum Gasteiger partial charge on any atom is 0.330 e. The summed E-state index contributed by atoms with van der Waals surface area (Å²) in [6, 6.07) is 7.68. The molecule has 7 nitrogen and oxygen atoms in total. The van der Waals surface area contributed by atoms with Crippen LogP contribution in [0.25, 0.3) is 11.0 Å². The van der Waals surface area contributed by atoms with Crippen LogP contribution < -0.4 is 10.2 Å². The molecule has 24 heavy (non-hydrogen) atoms. The molecule has 2 aromatic carbocycles. The third-order valence-corrected chi connectivity index (χ3v) is 3.71. The minimum Gasteiger partial charge on any atom is -0.507 e. The topological polar surface area (TPSA) is 120 Å². The Morgan fingerprint density at radius 2 is 1.79 bits per heavy atom. The molecular weight excluding hydrogens is 316 g/mol. The summed E-state index contributed by atoms with van der Waals surface area (Å²) in [5.74, 6) is -1.92. The van der Waals surface area contributed by atoms with Crippen molar-refractivity contribution in [2.45, 2.75) is 6.42 Å². The van der Waals surface area contributed by atoms with Gasteiger partial charge in [-0.3, -0.25) is 4.79 Å². The van der Waals surface area contributed by atoms with Crippen molar-refractivity contribution in [2.75, 3.05) is 7.11 Å². The van der Waals surface area contributed by atoms with Crippen LogP contribution in [-0.4, -0.2) is 27.5 Å². The largest absolute Gasteiger partial charge is 0.507 e. The van der Waals surface area contributed by atoms with E-state index in [1.54, 1.807) is 12.1 Å². The van der Waals surface area contributed by atoms with Crippen molar-refractivity contribution >= 4 is 11.0 Å². The number of hydrogen-bond acceptors (Lipinski definition) is 7. The predicted molar refractivity (Wildman–Crippen MR) is 84.9 cm³/mol. The Bertz CT molecular complexity index is 988. The number of rotatable bonds is 3. The van der Waals surface area contributed by atoms with Crippen LogP contribution in [0.3, 0.4) is 0 Å². The third-order valence-electron chi connectivity index (χ3n) is 3.71. The van der Waals surface area contributed by atoms with Crippen molar-refractivity contribution in [3.63, 3.8) is 0 Å². The van der Waals surface area contributed by atoms with Gasteiger partial charge in [0.1, 0.15) is 16.7 Å². The molecule has 0 aliphatic rings. The second kappa shape index (κ2) is 5.69. The average Bonchev–Trinajstić information content (AvgIpc) is 2.56. The van der Waals surface area contributed by atoms with Crippen LogP contribution in [0.1, 0.15) is 11.1 Å². The smallest absolute Gasteiger partial charge is 0.330 e. The van der Waals surface area contributed by atoms with Gasteiger partial charge in [-0.25, -0.2) is 0 Å². The lowest BCUT2D eigenvalue weighted by Crippen LogP contribution is -2.02. The highest BCUT2D eigenvalue weighted by molar-refractivity contribution is 5.86. The van der Waals surface area contributed by atoms with E-state index in [-0.39, 0.29) is 34.6 Å². The van der Waals surface area contributed by atoms with Crippen molar-refractivity contribution in [3.8, 4) is 28.9 Å². The molecule has 0 radical (unpaired) electrons. The summed E-state index contributed by atoms with van der Waals surface area (Å²) in [6.45, 7) is 0. The van der Waals surface area contributed by atoms with Crippen LogP contribution in [0, 0.1) is 0 Å². The van der Waals surface area contributed by atoms with Gasteiger partial charge in [-0.1, -0.05) is 12.1 Å². The van der Waals surface area contributed by atoms with Gasteiger partial charge in [0, 0.05) is 6.42 Å². The van der Waals surface area contributed by atoms with Crippen LogP contribution in [0.4, 0.5) is 0 Å². The van der Waals surface area contributed by atoms with E-state index in [1.807, 2.05) is 0 Å². The number of methoxy groups -OCH3 is 1. The zero-order chi connectivity index (χ0) is 17.4. The Kier molecular flexibility index (Phi) is 3.69. The summed E-state index contributed by atoms with van der Waals surface area (Å²) in [5, 5.41) is 38.6. The maximum absolute atomic E-state index is 12.0. The second-order valence-corrected chi connectivity index (χ2v) is 5.21. The first kappa shape index (κ1) is 15.5. The van der Waals surface area contributed by atoms with E-state index < -0.39 is 17.1 Å². The average molecular weight is 330 g/mol. The summed E-state index contributed by atoms with van der Waals surface area (Å²) < 4.78 is 9.94. The van der Waals surface area contributed by atoms with Crippen molar-refractivity contribution < 1.29 is 29.6 Å². The van der Waals surface area contributed by atoms with Crippen molar-refractivity contribution in [1.29, 1.82) is 0 Å². The van der Waals surface area contributed by atoms with Gasteiger partial charge in [0.2, 0.25) is 11.2 Å². The number of phenolic OH excluding ortho intramolecular Hbond substituents is 2. The standard InChI is InChI=1S/C17H14O7/c1-23-12-7-8(2-4-10(12)18)6-9-3-5-11-13(14(9)19)15(20)16(21)17(22)24-11/h2-5,7,18-19,21-22H,6H2,1H3. The van der Waals surface area contributed by atoms with E-state index >= 15 is 0 Å². The lowest BCUT2D eigenvalue weighted by molar-refractivity contribution is 0.302. The molecular formula is C17H14O7. The summed E-state index contributed by atoms with van der Waals surface area (Å²) in [7, 11) is 1.42. The molecule has 4 N–H and O–H groups in total. The summed E-state index contributed by atoms with van der Waals surface area (Å²) in [4.78, 5) is 12.0. The van der Waals surface area contributed by atoms with E-state index in [1.165, 1.54) is 25.3 Å². The molecule has 0 aliphatic carbocycles. The lowest BCUT2D eigenvalue weighted by Gasteiger charge is -2.10. The number of hydrogen-bond donors (Lipinski definition) is 4. The van der Waals surface area contributed by atoms with E-state index in [9.17, 15) is 25.2 Å². The molecule has 0 fully saturated rings.